The third kappa shape index (κ3) is 3.42. The molecule has 0 aliphatic heterocycles. The first-order chi connectivity index (χ1) is 14.0. The molecule has 0 atom stereocenters. The second-order valence-corrected chi connectivity index (χ2v) is 7.07. The van der Waals surface area contributed by atoms with Crippen molar-refractivity contribution in [3.8, 4) is 5.75 Å². The second-order valence-electron chi connectivity index (χ2n) is 6.66. The fraction of sp³-hybridized carbons (Fsp3) is 0.200. The van der Waals surface area contributed by atoms with Crippen LogP contribution in [0.3, 0.4) is 0 Å². The largest absolute Gasteiger partial charge is 0.867 e. The Labute approximate surface area is 169 Å². The quantitative estimate of drug-likeness (QED) is 0.397. The van der Waals surface area contributed by atoms with Crippen LogP contribution >= 0.6 is 11.6 Å². The van der Waals surface area contributed by atoms with E-state index in [1.54, 1.807) is 18.2 Å². The fourth-order valence-electron chi connectivity index (χ4n) is 3.55. The molecule has 0 fully saturated rings. The van der Waals surface area contributed by atoms with E-state index in [9.17, 15) is 20.0 Å². The predicted octanol–water partition coefficient (Wildman–Crippen LogP) is 3.71. The summed E-state index contributed by atoms with van der Waals surface area (Å²) in [5.74, 6) is -0.594. The number of fused-ring (bicyclic) bond motifs is 3. The number of furan rings is 1. The van der Waals surface area contributed by atoms with Crippen LogP contribution in [-0.4, -0.2) is 17.0 Å². The van der Waals surface area contributed by atoms with Gasteiger partial charge in [-0.05, 0) is 37.1 Å². The fourth-order valence-corrected chi connectivity index (χ4v) is 3.77. The lowest BCUT2D eigenvalue weighted by Gasteiger charge is -2.14. The summed E-state index contributed by atoms with van der Waals surface area (Å²) < 4.78 is 5.78. The van der Waals surface area contributed by atoms with Crippen molar-refractivity contribution in [1.82, 2.24) is 5.43 Å². The Morgan fingerprint density at radius 2 is 2.03 bits per heavy atom. The van der Waals surface area contributed by atoms with Gasteiger partial charge in [0, 0.05) is 22.9 Å². The van der Waals surface area contributed by atoms with E-state index in [4.69, 9.17) is 16.0 Å². The lowest BCUT2D eigenvalue weighted by Crippen LogP contribution is -2.18. The third-order valence-corrected chi connectivity index (χ3v) is 5.22. The minimum atomic E-state index is -0.771. The maximum Gasteiger partial charge on any atom is 0.272 e. The van der Waals surface area contributed by atoms with E-state index >= 15 is 0 Å². The van der Waals surface area contributed by atoms with E-state index in [0.717, 1.165) is 36.4 Å². The molecule has 3 aromatic rings. The highest BCUT2D eigenvalue weighted by atomic mass is 35.5. The number of carbonyl (C=O) groups is 1. The van der Waals surface area contributed by atoms with Gasteiger partial charge in [0.05, 0.1) is 27.8 Å². The number of benzene rings is 2. The molecule has 1 aliphatic carbocycles. The summed E-state index contributed by atoms with van der Waals surface area (Å²) in [4.78, 5) is 22.8. The molecule has 0 saturated heterocycles. The van der Waals surface area contributed by atoms with Gasteiger partial charge < -0.3 is 9.52 Å². The van der Waals surface area contributed by atoms with E-state index in [0.29, 0.717) is 18.2 Å². The molecule has 1 N–H and O–H groups in total. The van der Waals surface area contributed by atoms with E-state index in [1.165, 1.54) is 6.07 Å². The number of rotatable bonds is 4. The Morgan fingerprint density at radius 3 is 2.79 bits per heavy atom. The lowest BCUT2D eigenvalue weighted by atomic mass is 9.93. The molecular formula is C20H15ClN3O5-. The Kier molecular flexibility index (Phi) is 4.94. The Bertz CT molecular complexity index is 1170. The molecule has 0 saturated carbocycles. The number of nitrogens with zero attached hydrogens (tertiary/aromatic N) is 2. The average molecular weight is 413 g/mol. The summed E-state index contributed by atoms with van der Waals surface area (Å²) in [7, 11) is 0. The van der Waals surface area contributed by atoms with Crippen molar-refractivity contribution in [3.63, 3.8) is 0 Å². The maximum absolute atomic E-state index is 12.7. The van der Waals surface area contributed by atoms with Crippen molar-refractivity contribution in [2.45, 2.75) is 25.7 Å². The van der Waals surface area contributed by atoms with Gasteiger partial charge in [0.1, 0.15) is 11.3 Å². The SMILES string of the molecule is O=C(N/N=C\c1c([O-])c([N+](=O)[O-])cc2oc3c(c12)CCCC3)c1ccccc1Cl. The molecule has 8 nitrogen and oxygen atoms in total. The van der Waals surface area contributed by atoms with E-state index in [-0.39, 0.29) is 21.7 Å². The standard InChI is InChI=1S/C20H16ClN3O5/c21-14-7-3-1-5-11(14)20(26)23-22-10-13-18-12-6-2-4-8-16(12)29-17(18)9-15(19(13)25)24(27)28/h1,3,5,7,9-10,25H,2,4,6,8H2,(H,23,26)/p-1/b22-10-. The van der Waals surface area contributed by atoms with Crippen LogP contribution in [0.4, 0.5) is 5.69 Å². The van der Waals surface area contributed by atoms with Crippen molar-refractivity contribution in [2.24, 2.45) is 5.10 Å². The van der Waals surface area contributed by atoms with Crippen molar-refractivity contribution >= 4 is 40.4 Å². The number of hydrogen-bond acceptors (Lipinski definition) is 6. The number of hydrazone groups is 1. The molecule has 9 heteroatoms. The van der Waals surface area contributed by atoms with E-state index in [2.05, 4.69) is 10.5 Å². The molecule has 1 amide bonds. The molecule has 1 aromatic heterocycles. The van der Waals surface area contributed by atoms with Gasteiger partial charge in [0.2, 0.25) is 0 Å². The number of aryl methyl sites for hydroxylation is 2. The van der Waals surface area contributed by atoms with Gasteiger partial charge >= 0.3 is 0 Å². The highest BCUT2D eigenvalue weighted by Gasteiger charge is 2.24. The average Bonchev–Trinajstić information content (AvgIpc) is 3.07. The van der Waals surface area contributed by atoms with Gasteiger partial charge in [-0.15, -0.1) is 0 Å². The molecule has 148 valence electrons. The van der Waals surface area contributed by atoms with Crippen molar-refractivity contribution in [2.75, 3.05) is 0 Å². The zero-order chi connectivity index (χ0) is 20.5. The molecule has 0 unspecified atom stereocenters. The molecular weight excluding hydrogens is 398 g/mol. The summed E-state index contributed by atoms with van der Waals surface area (Å²) in [6.07, 6.45) is 4.46. The monoisotopic (exact) mass is 412 g/mol. The molecule has 0 spiro atoms. The third-order valence-electron chi connectivity index (χ3n) is 4.89. The molecule has 0 radical (unpaired) electrons. The molecule has 2 aromatic carbocycles. The molecule has 1 aliphatic rings. The normalized spacial score (nSPS) is 13.6. The predicted molar refractivity (Wildman–Crippen MR) is 105 cm³/mol. The number of halogens is 1. The number of amides is 1. The number of nitrogens with one attached hydrogen (secondary N) is 1. The first kappa shape index (κ1) is 18.9. The van der Waals surface area contributed by atoms with Crippen LogP contribution in [0.1, 0.15) is 40.1 Å². The van der Waals surface area contributed by atoms with Gasteiger partial charge in [0.15, 0.2) is 0 Å². The van der Waals surface area contributed by atoms with Crippen LogP contribution in [-0.2, 0) is 12.8 Å². The molecule has 0 bridgehead atoms. The topological polar surface area (TPSA) is 121 Å². The summed E-state index contributed by atoms with van der Waals surface area (Å²) >= 11 is 5.99. The number of nitro benzene ring substituents is 1. The lowest BCUT2D eigenvalue weighted by molar-refractivity contribution is -0.398. The number of carbonyl (C=O) groups excluding carboxylic acids is 1. The highest BCUT2D eigenvalue weighted by Crippen LogP contribution is 2.40. The van der Waals surface area contributed by atoms with Crippen LogP contribution in [0.15, 0.2) is 39.9 Å². The molecule has 4 rings (SSSR count). The summed E-state index contributed by atoms with van der Waals surface area (Å²) in [5.41, 5.74) is 3.11. The summed E-state index contributed by atoms with van der Waals surface area (Å²) in [6.45, 7) is 0. The van der Waals surface area contributed by atoms with Crippen molar-refractivity contribution < 1.29 is 19.2 Å². The van der Waals surface area contributed by atoms with Gasteiger partial charge in [-0.25, -0.2) is 5.43 Å². The molecule has 29 heavy (non-hydrogen) atoms. The number of hydrogen-bond donors (Lipinski definition) is 1. The zero-order valence-corrected chi connectivity index (χ0v) is 15.9. The molecule has 1 heterocycles. The minimum Gasteiger partial charge on any atom is -0.867 e. The van der Waals surface area contributed by atoms with Crippen molar-refractivity contribution in [3.05, 3.63) is 67.9 Å². The van der Waals surface area contributed by atoms with E-state index in [1.807, 2.05) is 0 Å². The first-order valence-corrected chi connectivity index (χ1v) is 9.35. The Morgan fingerprint density at radius 1 is 1.28 bits per heavy atom. The van der Waals surface area contributed by atoms with Crippen LogP contribution in [0.2, 0.25) is 5.02 Å². The van der Waals surface area contributed by atoms with Gasteiger partial charge in [-0.1, -0.05) is 23.7 Å². The van der Waals surface area contributed by atoms with Crippen LogP contribution in [0.5, 0.6) is 5.75 Å². The Balaban J connectivity index is 1.75. The van der Waals surface area contributed by atoms with Crippen LogP contribution < -0.4 is 10.5 Å². The first-order valence-electron chi connectivity index (χ1n) is 8.98. The summed E-state index contributed by atoms with van der Waals surface area (Å²) in [6, 6.07) is 7.60. The van der Waals surface area contributed by atoms with Gasteiger partial charge in [-0.3, -0.25) is 14.9 Å². The zero-order valence-electron chi connectivity index (χ0n) is 15.1. The maximum atomic E-state index is 12.7. The van der Waals surface area contributed by atoms with Crippen molar-refractivity contribution in [1.29, 1.82) is 0 Å². The minimum absolute atomic E-state index is 0.0283. The Hall–Kier alpha value is -3.39. The van der Waals surface area contributed by atoms with Gasteiger partial charge in [-0.2, -0.15) is 5.10 Å². The number of nitro groups is 1. The smallest absolute Gasteiger partial charge is 0.272 e. The summed E-state index contributed by atoms with van der Waals surface area (Å²) in [5, 5.41) is 28.6. The van der Waals surface area contributed by atoms with E-state index < -0.39 is 22.3 Å². The highest BCUT2D eigenvalue weighted by molar-refractivity contribution is 6.33. The van der Waals surface area contributed by atoms with Gasteiger partial charge in [0.25, 0.3) is 11.6 Å². The second kappa shape index (κ2) is 7.56. The van der Waals surface area contributed by atoms with Crippen LogP contribution in [0.25, 0.3) is 11.0 Å². The van der Waals surface area contributed by atoms with Crippen LogP contribution in [0, 0.1) is 10.1 Å².